The Bertz CT molecular complexity index is 386. The minimum atomic E-state index is -0.443. The molecule has 4 heteroatoms. The Labute approximate surface area is 121 Å². The summed E-state index contributed by atoms with van der Waals surface area (Å²) in [6.45, 7) is 5.46. The number of alkyl halides is 1. The third-order valence-corrected chi connectivity index (χ3v) is 3.96. The van der Waals surface area contributed by atoms with E-state index in [1.54, 1.807) is 0 Å². The van der Waals surface area contributed by atoms with Crippen molar-refractivity contribution in [3.05, 3.63) is 11.6 Å². The molecular weight excluding hydrogens is 257 g/mol. The van der Waals surface area contributed by atoms with Gasteiger partial charge in [-0.05, 0) is 59.3 Å². The van der Waals surface area contributed by atoms with Crippen LogP contribution in [0.4, 0.5) is 9.18 Å². The minimum absolute atomic E-state index is 0.184. The lowest BCUT2D eigenvalue weighted by Gasteiger charge is -2.35. The zero-order chi connectivity index (χ0) is 14.8. The van der Waals surface area contributed by atoms with E-state index in [2.05, 4.69) is 6.08 Å². The second kappa shape index (κ2) is 6.15. The molecule has 2 aliphatic heterocycles. The quantitative estimate of drug-likeness (QED) is 0.571. The number of hydrogen-bond donors (Lipinski definition) is 0. The molecule has 2 atom stereocenters. The van der Waals surface area contributed by atoms with Crippen molar-refractivity contribution in [2.45, 2.75) is 77.0 Å². The molecule has 2 aliphatic rings. The number of rotatable bonds is 4. The van der Waals surface area contributed by atoms with Gasteiger partial charge in [0.2, 0.25) is 0 Å². The normalized spacial score (nSPS) is 25.6. The summed E-state index contributed by atoms with van der Waals surface area (Å²) < 4.78 is 17.6. The maximum atomic E-state index is 12.3. The largest absolute Gasteiger partial charge is 0.444 e. The molecule has 0 aromatic carbocycles. The number of halogens is 1. The summed E-state index contributed by atoms with van der Waals surface area (Å²) in [7, 11) is 0. The lowest BCUT2D eigenvalue weighted by Crippen LogP contribution is -2.45. The molecule has 2 bridgehead atoms. The van der Waals surface area contributed by atoms with Crippen LogP contribution < -0.4 is 0 Å². The molecule has 2 heterocycles. The molecule has 20 heavy (non-hydrogen) atoms. The van der Waals surface area contributed by atoms with Gasteiger partial charge < -0.3 is 4.74 Å². The van der Waals surface area contributed by atoms with Crippen molar-refractivity contribution in [1.82, 2.24) is 4.90 Å². The predicted octanol–water partition coefficient (Wildman–Crippen LogP) is 4.22. The first kappa shape index (κ1) is 15.3. The Morgan fingerprint density at radius 2 is 2.15 bits per heavy atom. The highest BCUT2D eigenvalue weighted by Gasteiger charge is 2.41. The van der Waals surface area contributed by atoms with Crippen LogP contribution in [0, 0.1) is 0 Å². The Morgan fingerprint density at radius 3 is 2.75 bits per heavy atom. The Hall–Kier alpha value is -1.06. The molecule has 0 spiro atoms. The van der Waals surface area contributed by atoms with Gasteiger partial charge in [0, 0.05) is 6.04 Å². The second-order valence-electron chi connectivity index (χ2n) is 6.86. The molecule has 0 aromatic rings. The number of unbranched alkanes of at least 4 members (excludes halogenated alkanes) is 1. The molecule has 2 unspecified atom stereocenters. The predicted molar refractivity (Wildman–Crippen MR) is 77.4 cm³/mol. The first-order chi connectivity index (χ1) is 9.40. The maximum absolute atomic E-state index is 12.3. The summed E-state index contributed by atoms with van der Waals surface area (Å²) in [6.07, 6.45) is 7.55. The average molecular weight is 283 g/mol. The zero-order valence-electron chi connectivity index (χ0n) is 12.8. The molecule has 1 amide bonds. The van der Waals surface area contributed by atoms with Gasteiger partial charge in [0.15, 0.2) is 0 Å². The van der Waals surface area contributed by atoms with E-state index in [1.165, 1.54) is 5.57 Å². The molecule has 0 aromatic heterocycles. The fraction of sp³-hybridized carbons (Fsp3) is 0.812. The topological polar surface area (TPSA) is 29.5 Å². The lowest BCUT2D eigenvalue weighted by atomic mass is 9.97. The molecule has 1 saturated heterocycles. The highest BCUT2D eigenvalue weighted by atomic mass is 19.1. The van der Waals surface area contributed by atoms with Crippen LogP contribution in [0.5, 0.6) is 0 Å². The van der Waals surface area contributed by atoms with E-state index >= 15 is 0 Å². The summed E-state index contributed by atoms with van der Waals surface area (Å²) in [5.41, 5.74) is 0.951. The first-order valence-electron chi connectivity index (χ1n) is 7.67. The van der Waals surface area contributed by atoms with Crippen molar-refractivity contribution in [2.75, 3.05) is 6.67 Å². The highest BCUT2D eigenvalue weighted by molar-refractivity contribution is 5.70. The summed E-state index contributed by atoms with van der Waals surface area (Å²) in [6, 6.07) is 0.462. The molecule has 114 valence electrons. The van der Waals surface area contributed by atoms with Crippen molar-refractivity contribution in [3.8, 4) is 0 Å². The van der Waals surface area contributed by atoms with Crippen LogP contribution in [0.3, 0.4) is 0 Å². The van der Waals surface area contributed by atoms with Crippen LogP contribution >= 0.6 is 0 Å². The van der Waals surface area contributed by atoms with Gasteiger partial charge >= 0.3 is 6.09 Å². The molecule has 3 nitrogen and oxygen atoms in total. The van der Waals surface area contributed by atoms with Crippen LogP contribution in [-0.4, -0.2) is 35.4 Å². The summed E-state index contributed by atoms with van der Waals surface area (Å²) in [5, 5.41) is 0. The van der Waals surface area contributed by atoms with Crippen molar-refractivity contribution in [1.29, 1.82) is 0 Å². The van der Waals surface area contributed by atoms with Crippen molar-refractivity contribution in [2.24, 2.45) is 0 Å². The summed E-state index contributed by atoms with van der Waals surface area (Å²) >= 11 is 0. The molecule has 1 fully saturated rings. The van der Waals surface area contributed by atoms with Gasteiger partial charge in [-0.2, -0.15) is 0 Å². The number of ether oxygens (including phenoxy) is 1. The van der Waals surface area contributed by atoms with Gasteiger partial charge in [-0.15, -0.1) is 0 Å². The SMILES string of the molecule is CC(C)(C)OC(=O)N1C2C=C(CCCCF)CC1CC2. The van der Waals surface area contributed by atoms with Crippen LogP contribution in [0.2, 0.25) is 0 Å². The third-order valence-electron chi connectivity index (χ3n) is 3.96. The average Bonchev–Trinajstić information content (AvgIpc) is 2.60. The van der Waals surface area contributed by atoms with E-state index in [1.807, 2.05) is 25.7 Å². The van der Waals surface area contributed by atoms with Gasteiger partial charge in [-0.3, -0.25) is 9.29 Å². The molecule has 0 aliphatic carbocycles. The molecule has 0 N–H and O–H groups in total. The summed E-state index contributed by atoms with van der Waals surface area (Å²) in [5.74, 6) is 0. The van der Waals surface area contributed by atoms with Crippen molar-refractivity contribution in [3.63, 3.8) is 0 Å². The molecular formula is C16H26FNO2. The number of carbonyl (C=O) groups excluding carboxylic acids is 1. The lowest BCUT2D eigenvalue weighted by molar-refractivity contribution is 0.0166. The zero-order valence-corrected chi connectivity index (χ0v) is 12.8. The standard InChI is InChI=1S/C16H26FNO2/c1-16(2,3)20-15(19)18-13-7-8-14(18)11-12(10-13)6-4-5-9-17/h10,13-14H,4-9,11H2,1-3H3. The van der Waals surface area contributed by atoms with Crippen molar-refractivity contribution >= 4 is 6.09 Å². The highest BCUT2D eigenvalue weighted by Crippen LogP contribution is 2.37. The molecule has 0 radical (unpaired) electrons. The fourth-order valence-corrected chi connectivity index (χ4v) is 3.15. The Kier molecular flexibility index (Phi) is 4.71. The smallest absolute Gasteiger partial charge is 0.411 e. The van der Waals surface area contributed by atoms with E-state index in [4.69, 9.17) is 4.74 Å². The van der Waals surface area contributed by atoms with E-state index in [9.17, 15) is 9.18 Å². The van der Waals surface area contributed by atoms with E-state index in [0.717, 1.165) is 32.1 Å². The van der Waals surface area contributed by atoms with Crippen LogP contribution in [0.15, 0.2) is 11.6 Å². The number of amides is 1. The molecule has 0 saturated carbocycles. The van der Waals surface area contributed by atoms with Crippen LogP contribution in [0.25, 0.3) is 0 Å². The number of fused-ring (bicyclic) bond motifs is 2. The minimum Gasteiger partial charge on any atom is -0.444 e. The van der Waals surface area contributed by atoms with Crippen LogP contribution in [0.1, 0.15) is 59.3 Å². The van der Waals surface area contributed by atoms with Crippen LogP contribution in [-0.2, 0) is 4.74 Å². The van der Waals surface area contributed by atoms with E-state index < -0.39 is 5.60 Å². The van der Waals surface area contributed by atoms with E-state index in [0.29, 0.717) is 6.42 Å². The second-order valence-corrected chi connectivity index (χ2v) is 6.86. The van der Waals surface area contributed by atoms with E-state index in [-0.39, 0.29) is 24.9 Å². The third kappa shape index (κ3) is 3.74. The molecule has 2 rings (SSSR count). The summed E-state index contributed by atoms with van der Waals surface area (Å²) in [4.78, 5) is 14.2. The van der Waals surface area contributed by atoms with Crippen molar-refractivity contribution < 1.29 is 13.9 Å². The Balaban J connectivity index is 1.96. The number of nitrogens with zero attached hydrogens (tertiary/aromatic N) is 1. The van der Waals surface area contributed by atoms with Gasteiger partial charge in [-0.1, -0.05) is 11.6 Å². The monoisotopic (exact) mass is 283 g/mol. The van der Waals surface area contributed by atoms with Gasteiger partial charge in [-0.25, -0.2) is 4.79 Å². The van der Waals surface area contributed by atoms with Gasteiger partial charge in [0.1, 0.15) is 5.60 Å². The maximum Gasteiger partial charge on any atom is 0.411 e. The number of hydrogen-bond acceptors (Lipinski definition) is 2. The Morgan fingerprint density at radius 1 is 1.40 bits per heavy atom. The fourth-order valence-electron chi connectivity index (χ4n) is 3.15. The first-order valence-corrected chi connectivity index (χ1v) is 7.67. The van der Waals surface area contributed by atoms with Gasteiger partial charge in [0.05, 0.1) is 12.7 Å². The number of carbonyl (C=O) groups is 1. The van der Waals surface area contributed by atoms with Gasteiger partial charge in [0.25, 0.3) is 0 Å².